The van der Waals surface area contributed by atoms with Gasteiger partial charge in [0.25, 0.3) is 0 Å². The van der Waals surface area contributed by atoms with Crippen LogP contribution >= 0.6 is 0 Å². The summed E-state index contributed by atoms with van der Waals surface area (Å²) in [6.07, 6.45) is 14.2. The monoisotopic (exact) mass is 350 g/mol. The summed E-state index contributed by atoms with van der Waals surface area (Å²) in [5.74, 6) is 1.23. The molecule has 0 unspecified atom stereocenters. The fourth-order valence-electron chi connectivity index (χ4n) is 3.61. The van der Waals surface area contributed by atoms with Gasteiger partial charge in [0.1, 0.15) is 5.78 Å². The standard InChI is InChI=1S/C22H26N2O2/c1-24-14-13-23-22(24)21(26)12-11-17-7-9-19(10-8-17)16-20(25)15-18-5-3-2-4-6-18/h7-14,18H,2-6,15-16H2,1H3/b12-11+. The number of ketones is 2. The molecule has 4 heteroatoms. The highest BCUT2D eigenvalue weighted by Gasteiger charge is 2.17. The Labute approximate surface area is 154 Å². The van der Waals surface area contributed by atoms with E-state index in [1.807, 2.05) is 24.3 Å². The molecule has 1 fully saturated rings. The molecule has 0 atom stereocenters. The molecule has 0 bridgehead atoms. The van der Waals surface area contributed by atoms with Gasteiger partial charge in [-0.2, -0.15) is 0 Å². The predicted octanol–water partition coefficient (Wildman–Crippen LogP) is 4.40. The van der Waals surface area contributed by atoms with Gasteiger partial charge in [-0.25, -0.2) is 4.98 Å². The third-order valence-electron chi connectivity index (χ3n) is 5.09. The lowest BCUT2D eigenvalue weighted by Crippen LogP contribution is -2.13. The number of aryl methyl sites for hydroxylation is 1. The lowest BCUT2D eigenvalue weighted by atomic mass is 9.85. The van der Waals surface area contributed by atoms with E-state index in [0.717, 1.165) is 17.5 Å². The van der Waals surface area contributed by atoms with E-state index in [9.17, 15) is 9.59 Å². The second kappa shape index (κ2) is 8.75. The topological polar surface area (TPSA) is 52.0 Å². The molecule has 1 heterocycles. The summed E-state index contributed by atoms with van der Waals surface area (Å²) in [6.45, 7) is 0. The molecule has 0 amide bonds. The van der Waals surface area contributed by atoms with Gasteiger partial charge in [0.15, 0.2) is 5.82 Å². The van der Waals surface area contributed by atoms with E-state index in [2.05, 4.69) is 4.98 Å². The fourth-order valence-corrected chi connectivity index (χ4v) is 3.61. The first-order valence-corrected chi connectivity index (χ1v) is 9.42. The Bertz CT molecular complexity index is 781. The van der Waals surface area contributed by atoms with Gasteiger partial charge in [0, 0.05) is 32.3 Å². The van der Waals surface area contributed by atoms with Crippen LogP contribution in [0.25, 0.3) is 6.08 Å². The Morgan fingerprint density at radius 3 is 2.54 bits per heavy atom. The maximum Gasteiger partial charge on any atom is 0.221 e. The molecule has 4 nitrogen and oxygen atoms in total. The average Bonchev–Trinajstić information content (AvgIpc) is 3.08. The molecule has 1 saturated carbocycles. The Balaban J connectivity index is 1.53. The van der Waals surface area contributed by atoms with Gasteiger partial charge in [-0.3, -0.25) is 9.59 Å². The van der Waals surface area contributed by atoms with Crippen molar-refractivity contribution in [3.63, 3.8) is 0 Å². The largest absolute Gasteiger partial charge is 0.331 e. The molecule has 3 rings (SSSR count). The minimum absolute atomic E-state index is 0.121. The number of rotatable bonds is 7. The quantitative estimate of drug-likeness (QED) is 0.549. The van der Waals surface area contributed by atoms with Gasteiger partial charge in [-0.1, -0.05) is 62.4 Å². The molecule has 1 aliphatic rings. The van der Waals surface area contributed by atoms with Crippen LogP contribution < -0.4 is 0 Å². The van der Waals surface area contributed by atoms with Crippen LogP contribution in [0.15, 0.2) is 42.7 Å². The molecule has 0 N–H and O–H groups in total. The van der Waals surface area contributed by atoms with Crippen molar-refractivity contribution >= 4 is 17.6 Å². The normalized spacial score (nSPS) is 15.4. The molecule has 1 aliphatic carbocycles. The van der Waals surface area contributed by atoms with E-state index in [1.54, 1.807) is 30.1 Å². The molecular formula is C22H26N2O2. The number of allylic oxidation sites excluding steroid dienone is 1. The summed E-state index contributed by atoms with van der Waals surface area (Å²) in [7, 11) is 1.80. The van der Waals surface area contributed by atoms with E-state index >= 15 is 0 Å². The van der Waals surface area contributed by atoms with Crippen LogP contribution in [-0.2, 0) is 18.3 Å². The highest BCUT2D eigenvalue weighted by atomic mass is 16.1. The highest BCUT2D eigenvalue weighted by molar-refractivity contribution is 6.04. The van der Waals surface area contributed by atoms with Crippen molar-refractivity contribution in [3.05, 3.63) is 59.7 Å². The Kier molecular flexibility index (Phi) is 6.16. The third kappa shape index (κ3) is 5.01. The van der Waals surface area contributed by atoms with Crippen molar-refractivity contribution in [1.82, 2.24) is 9.55 Å². The minimum Gasteiger partial charge on any atom is -0.331 e. The van der Waals surface area contributed by atoms with Gasteiger partial charge in [-0.05, 0) is 23.1 Å². The molecular weight excluding hydrogens is 324 g/mol. The summed E-state index contributed by atoms with van der Waals surface area (Å²) in [5.41, 5.74) is 1.98. The lowest BCUT2D eigenvalue weighted by Gasteiger charge is -2.20. The highest BCUT2D eigenvalue weighted by Crippen LogP contribution is 2.26. The molecule has 0 spiro atoms. The van der Waals surface area contributed by atoms with Crippen LogP contribution in [0.2, 0.25) is 0 Å². The first-order chi connectivity index (χ1) is 12.6. The number of carbonyl (C=O) groups excluding carboxylic acids is 2. The average molecular weight is 350 g/mol. The molecule has 0 radical (unpaired) electrons. The van der Waals surface area contributed by atoms with Crippen LogP contribution in [0.3, 0.4) is 0 Å². The molecule has 1 aromatic heterocycles. The minimum atomic E-state index is -0.121. The molecule has 0 aliphatic heterocycles. The van der Waals surface area contributed by atoms with Gasteiger partial charge in [0.2, 0.25) is 5.78 Å². The van der Waals surface area contributed by atoms with Crippen LogP contribution in [0.1, 0.15) is 60.3 Å². The van der Waals surface area contributed by atoms with Crippen molar-refractivity contribution in [1.29, 1.82) is 0 Å². The summed E-state index contributed by atoms with van der Waals surface area (Å²) < 4.78 is 1.70. The zero-order valence-corrected chi connectivity index (χ0v) is 15.4. The molecule has 2 aromatic rings. The van der Waals surface area contributed by atoms with E-state index in [-0.39, 0.29) is 5.78 Å². The molecule has 136 valence electrons. The summed E-state index contributed by atoms with van der Waals surface area (Å²) in [4.78, 5) is 28.4. The van der Waals surface area contributed by atoms with Crippen LogP contribution in [-0.4, -0.2) is 21.1 Å². The Morgan fingerprint density at radius 2 is 1.88 bits per heavy atom. The van der Waals surface area contributed by atoms with E-state index in [1.165, 1.54) is 38.2 Å². The van der Waals surface area contributed by atoms with Crippen molar-refractivity contribution in [2.24, 2.45) is 13.0 Å². The van der Waals surface area contributed by atoms with Crippen molar-refractivity contribution < 1.29 is 9.59 Å². The van der Waals surface area contributed by atoms with Crippen LogP contribution in [0.5, 0.6) is 0 Å². The lowest BCUT2D eigenvalue weighted by molar-refractivity contribution is -0.119. The second-order valence-electron chi connectivity index (χ2n) is 7.22. The van der Waals surface area contributed by atoms with Crippen LogP contribution in [0, 0.1) is 5.92 Å². The number of imidazole rings is 1. The van der Waals surface area contributed by atoms with Gasteiger partial charge >= 0.3 is 0 Å². The summed E-state index contributed by atoms with van der Waals surface area (Å²) >= 11 is 0. The number of aromatic nitrogens is 2. The van der Waals surface area contributed by atoms with E-state index < -0.39 is 0 Å². The zero-order chi connectivity index (χ0) is 18.4. The number of nitrogens with zero attached hydrogens (tertiary/aromatic N) is 2. The SMILES string of the molecule is Cn1ccnc1C(=O)/C=C/c1ccc(CC(=O)CC2CCCCC2)cc1. The molecule has 1 aromatic carbocycles. The van der Waals surface area contributed by atoms with Gasteiger partial charge < -0.3 is 4.57 Å². The maximum absolute atomic E-state index is 12.3. The predicted molar refractivity (Wildman–Crippen MR) is 103 cm³/mol. The van der Waals surface area contributed by atoms with E-state index in [0.29, 0.717) is 23.9 Å². The van der Waals surface area contributed by atoms with E-state index in [4.69, 9.17) is 0 Å². The second-order valence-corrected chi connectivity index (χ2v) is 7.22. The maximum atomic E-state index is 12.3. The Morgan fingerprint density at radius 1 is 1.15 bits per heavy atom. The zero-order valence-electron chi connectivity index (χ0n) is 15.4. The third-order valence-corrected chi connectivity index (χ3v) is 5.09. The van der Waals surface area contributed by atoms with Gasteiger partial charge in [-0.15, -0.1) is 0 Å². The summed E-state index contributed by atoms with van der Waals surface area (Å²) in [5, 5.41) is 0. The number of hydrogen-bond donors (Lipinski definition) is 0. The van der Waals surface area contributed by atoms with Crippen molar-refractivity contribution in [3.8, 4) is 0 Å². The summed E-state index contributed by atoms with van der Waals surface area (Å²) in [6, 6.07) is 7.85. The molecule has 26 heavy (non-hydrogen) atoms. The number of Topliss-reactive ketones (excluding diaryl/α,β-unsaturated/α-hetero) is 1. The smallest absolute Gasteiger partial charge is 0.221 e. The first kappa shape index (κ1) is 18.3. The fraction of sp³-hybridized carbons (Fsp3) is 0.409. The van der Waals surface area contributed by atoms with Crippen LogP contribution in [0.4, 0.5) is 0 Å². The number of hydrogen-bond acceptors (Lipinski definition) is 3. The number of benzene rings is 1. The first-order valence-electron chi connectivity index (χ1n) is 9.42. The van der Waals surface area contributed by atoms with Gasteiger partial charge in [0.05, 0.1) is 0 Å². The number of carbonyl (C=O) groups is 2. The molecule has 0 saturated heterocycles. The van der Waals surface area contributed by atoms with Crippen molar-refractivity contribution in [2.75, 3.05) is 0 Å². The van der Waals surface area contributed by atoms with Crippen molar-refractivity contribution in [2.45, 2.75) is 44.9 Å². The Hall–Kier alpha value is -2.49.